The maximum atomic E-state index is 13.1. The van der Waals surface area contributed by atoms with Crippen molar-refractivity contribution in [1.29, 1.82) is 0 Å². The van der Waals surface area contributed by atoms with Crippen molar-refractivity contribution in [3.63, 3.8) is 0 Å². The molecule has 110 valence electrons. The van der Waals surface area contributed by atoms with Crippen LogP contribution in [0.3, 0.4) is 0 Å². The van der Waals surface area contributed by atoms with E-state index < -0.39 is 0 Å². The predicted octanol–water partition coefficient (Wildman–Crippen LogP) is 4.46. The van der Waals surface area contributed by atoms with E-state index in [9.17, 15) is 9.18 Å². The molecule has 0 bridgehead atoms. The second-order valence-electron chi connectivity index (χ2n) is 4.55. The van der Waals surface area contributed by atoms with Gasteiger partial charge in [0.15, 0.2) is 0 Å². The molecule has 0 unspecified atom stereocenters. The molecule has 1 amide bonds. The number of ether oxygens (including phenoxy) is 1. The van der Waals surface area contributed by atoms with Gasteiger partial charge in [0.05, 0.1) is 11.8 Å². The largest absolute Gasteiger partial charge is 0.472 e. The van der Waals surface area contributed by atoms with E-state index in [1.165, 1.54) is 24.7 Å². The van der Waals surface area contributed by atoms with Gasteiger partial charge in [-0.25, -0.2) is 4.39 Å². The number of anilines is 1. The normalized spacial score (nSPS) is 10.2. The molecule has 1 aromatic heterocycles. The standard InChI is InChI=1S/C17H12FNO3/c18-13-2-1-3-16(10-13)22-15-6-4-14(5-7-15)19-17(20)12-8-9-21-11-12/h1-11H,(H,19,20). The zero-order valence-corrected chi connectivity index (χ0v) is 11.5. The summed E-state index contributed by atoms with van der Waals surface area (Å²) in [6.07, 6.45) is 2.81. The summed E-state index contributed by atoms with van der Waals surface area (Å²) in [6, 6.07) is 14.2. The number of amides is 1. The number of carbonyl (C=O) groups is 1. The average molecular weight is 297 g/mol. The Balaban J connectivity index is 1.66. The Kier molecular flexibility index (Phi) is 3.87. The minimum Gasteiger partial charge on any atom is -0.472 e. The van der Waals surface area contributed by atoms with Gasteiger partial charge in [0.2, 0.25) is 0 Å². The number of furan rings is 1. The van der Waals surface area contributed by atoms with Gasteiger partial charge in [-0.05, 0) is 42.5 Å². The van der Waals surface area contributed by atoms with Crippen LogP contribution in [0.1, 0.15) is 10.4 Å². The predicted molar refractivity (Wildman–Crippen MR) is 79.6 cm³/mol. The molecule has 0 radical (unpaired) electrons. The van der Waals surface area contributed by atoms with Gasteiger partial charge in [-0.15, -0.1) is 0 Å². The first-order chi connectivity index (χ1) is 10.7. The Morgan fingerprint density at radius 3 is 2.55 bits per heavy atom. The van der Waals surface area contributed by atoms with Crippen LogP contribution < -0.4 is 10.1 Å². The van der Waals surface area contributed by atoms with Gasteiger partial charge in [-0.1, -0.05) is 6.07 Å². The summed E-state index contributed by atoms with van der Waals surface area (Å²) in [7, 11) is 0. The van der Waals surface area contributed by atoms with E-state index in [0.29, 0.717) is 22.7 Å². The van der Waals surface area contributed by atoms with Crippen LogP contribution in [0.25, 0.3) is 0 Å². The first-order valence-electron chi connectivity index (χ1n) is 6.58. The zero-order chi connectivity index (χ0) is 15.4. The van der Waals surface area contributed by atoms with Crippen LogP contribution in [-0.4, -0.2) is 5.91 Å². The summed E-state index contributed by atoms with van der Waals surface area (Å²) < 4.78 is 23.5. The first-order valence-corrected chi connectivity index (χ1v) is 6.58. The fraction of sp³-hybridized carbons (Fsp3) is 0. The summed E-state index contributed by atoms with van der Waals surface area (Å²) in [6.45, 7) is 0. The number of halogens is 1. The van der Waals surface area contributed by atoms with Crippen LogP contribution in [0.15, 0.2) is 71.5 Å². The lowest BCUT2D eigenvalue weighted by Gasteiger charge is -2.07. The Labute approximate surface area is 126 Å². The molecule has 0 saturated carbocycles. The number of nitrogens with one attached hydrogen (secondary N) is 1. The monoisotopic (exact) mass is 297 g/mol. The van der Waals surface area contributed by atoms with E-state index in [2.05, 4.69) is 5.32 Å². The molecule has 1 heterocycles. The molecule has 0 fully saturated rings. The van der Waals surface area contributed by atoms with Crippen molar-refractivity contribution in [3.05, 3.63) is 78.5 Å². The van der Waals surface area contributed by atoms with Crippen molar-refractivity contribution in [3.8, 4) is 11.5 Å². The third kappa shape index (κ3) is 3.32. The number of benzene rings is 2. The molecular formula is C17H12FNO3. The molecule has 0 spiro atoms. The quantitative estimate of drug-likeness (QED) is 0.773. The third-order valence-corrected chi connectivity index (χ3v) is 2.93. The second-order valence-corrected chi connectivity index (χ2v) is 4.55. The van der Waals surface area contributed by atoms with Crippen molar-refractivity contribution >= 4 is 11.6 Å². The smallest absolute Gasteiger partial charge is 0.258 e. The highest BCUT2D eigenvalue weighted by Crippen LogP contribution is 2.23. The maximum Gasteiger partial charge on any atom is 0.258 e. The average Bonchev–Trinajstić information content (AvgIpc) is 3.04. The lowest BCUT2D eigenvalue weighted by atomic mass is 10.2. The third-order valence-electron chi connectivity index (χ3n) is 2.93. The molecule has 1 N–H and O–H groups in total. The molecular weight excluding hydrogens is 285 g/mol. The fourth-order valence-corrected chi connectivity index (χ4v) is 1.87. The summed E-state index contributed by atoms with van der Waals surface area (Å²) in [5, 5.41) is 2.73. The van der Waals surface area contributed by atoms with Crippen LogP contribution in [0.2, 0.25) is 0 Å². The molecule has 22 heavy (non-hydrogen) atoms. The number of hydrogen-bond donors (Lipinski definition) is 1. The Hall–Kier alpha value is -3.08. The second kappa shape index (κ2) is 6.13. The topological polar surface area (TPSA) is 51.5 Å². The Bertz CT molecular complexity index is 767. The van der Waals surface area contributed by atoms with Gasteiger partial charge >= 0.3 is 0 Å². The van der Waals surface area contributed by atoms with E-state index in [0.717, 1.165) is 0 Å². The first kappa shape index (κ1) is 13.9. The highest BCUT2D eigenvalue weighted by atomic mass is 19.1. The summed E-state index contributed by atoms with van der Waals surface area (Å²) in [4.78, 5) is 11.8. The van der Waals surface area contributed by atoms with Crippen molar-refractivity contribution in [2.75, 3.05) is 5.32 Å². The molecule has 0 aliphatic heterocycles. The van der Waals surface area contributed by atoms with Crippen molar-refractivity contribution in [1.82, 2.24) is 0 Å². The Morgan fingerprint density at radius 1 is 1.05 bits per heavy atom. The van der Waals surface area contributed by atoms with E-state index in [-0.39, 0.29) is 11.7 Å². The number of hydrogen-bond acceptors (Lipinski definition) is 3. The SMILES string of the molecule is O=C(Nc1ccc(Oc2cccc(F)c2)cc1)c1ccoc1. The van der Waals surface area contributed by atoms with Crippen LogP contribution in [0, 0.1) is 5.82 Å². The van der Waals surface area contributed by atoms with Gasteiger partial charge < -0.3 is 14.5 Å². The van der Waals surface area contributed by atoms with Gasteiger partial charge in [0.25, 0.3) is 5.91 Å². The molecule has 2 aromatic carbocycles. The molecule has 4 nitrogen and oxygen atoms in total. The van der Waals surface area contributed by atoms with E-state index in [1.54, 1.807) is 42.5 Å². The Morgan fingerprint density at radius 2 is 1.86 bits per heavy atom. The molecule has 0 aliphatic carbocycles. The highest BCUT2D eigenvalue weighted by molar-refractivity contribution is 6.03. The molecule has 0 aliphatic rings. The summed E-state index contributed by atoms with van der Waals surface area (Å²) in [5.41, 5.74) is 1.07. The van der Waals surface area contributed by atoms with Gasteiger partial charge in [-0.3, -0.25) is 4.79 Å². The van der Waals surface area contributed by atoms with Crippen molar-refractivity contribution in [2.24, 2.45) is 0 Å². The minimum atomic E-state index is -0.360. The molecule has 3 aromatic rings. The van der Waals surface area contributed by atoms with Crippen LogP contribution in [-0.2, 0) is 0 Å². The number of carbonyl (C=O) groups excluding carboxylic acids is 1. The van der Waals surface area contributed by atoms with Gasteiger partial charge in [0, 0.05) is 11.8 Å². The summed E-state index contributed by atoms with van der Waals surface area (Å²) in [5.74, 6) is 0.344. The highest BCUT2D eigenvalue weighted by Gasteiger charge is 2.07. The van der Waals surface area contributed by atoms with Crippen molar-refractivity contribution in [2.45, 2.75) is 0 Å². The van der Waals surface area contributed by atoms with Crippen molar-refractivity contribution < 1.29 is 18.3 Å². The number of rotatable bonds is 4. The van der Waals surface area contributed by atoms with Crippen LogP contribution in [0.5, 0.6) is 11.5 Å². The van der Waals surface area contributed by atoms with Crippen LogP contribution in [0.4, 0.5) is 10.1 Å². The van der Waals surface area contributed by atoms with Gasteiger partial charge in [-0.2, -0.15) is 0 Å². The molecule has 3 rings (SSSR count). The van der Waals surface area contributed by atoms with E-state index in [1.807, 2.05) is 0 Å². The fourth-order valence-electron chi connectivity index (χ4n) is 1.87. The zero-order valence-electron chi connectivity index (χ0n) is 11.5. The lowest BCUT2D eigenvalue weighted by Crippen LogP contribution is -2.10. The van der Waals surface area contributed by atoms with Crippen LogP contribution >= 0.6 is 0 Å². The van der Waals surface area contributed by atoms with E-state index >= 15 is 0 Å². The van der Waals surface area contributed by atoms with Gasteiger partial charge in [0.1, 0.15) is 23.6 Å². The van der Waals surface area contributed by atoms with E-state index in [4.69, 9.17) is 9.15 Å². The maximum absolute atomic E-state index is 13.1. The molecule has 5 heteroatoms. The molecule has 0 saturated heterocycles. The minimum absolute atomic E-state index is 0.257. The lowest BCUT2D eigenvalue weighted by molar-refractivity contribution is 0.102. The molecule has 0 atom stereocenters. The summed E-state index contributed by atoms with van der Waals surface area (Å²) >= 11 is 0.